The van der Waals surface area contributed by atoms with Crippen LogP contribution in [0.2, 0.25) is 10.0 Å². The second-order valence-electron chi connectivity index (χ2n) is 8.78. The predicted molar refractivity (Wildman–Crippen MR) is 128 cm³/mol. The van der Waals surface area contributed by atoms with E-state index in [1.165, 1.54) is 13.3 Å². The zero-order valence-corrected chi connectivity index (χ0v) is 20.0. The molecule has 176 valence electrons. The van der Waals surface area contributed by atoms with Gasteiger partial charge >= 0.3 is 0 Å². The van der Waals surface area contributed by atoms with Crippen LogP contribution in [0.4, 0.5) is 0 Å². The molecular weight excluding hydrogens is 477 g/mol. The van der Waals surface area contributed by atoms with Crippen LogP contribution in [0.3, 0.4) is 0 Å². The molecule has 2 aromatic heterocycles. The fourth-order valence-electron chi connectivity index (χ4n) is 4.98. The maximum absolute atomic E-state index is 13.7. The molecule has 0 radical (unpaired) electrons. The Morgan fingerprint density at radius 3 is 2.85 bits per heavy atom. The molecule has 1 saturated heterocycles. The van der Waals surface area contributed by atoms with Gasteiger partial charge < -0.3 is 15.4 Å². The van der Waals surface area contributed by atoms with E-state index in [2.05, 4.69) is 25.8 Å². The van der Waals surface area contributed by atoms with Crippen LogP contribution in [0.15, 0.2) is 42.6 Å². The van der Waals surface area contributed by atoms with Crippen LogP contribution in [0.25, 0.3) is 11.3 Å². The first kappa shape index (κ1) is 22.8. The molecule has 2 fully saturated rings. The van der Waals surface area contributed by atoms with Gasteiger partial charge in [0.25, 0.3) is 0 Å². The molecule has 2 aliphatic rings. The predicted octanol–water partition coefficient (Wildman–Crippen LogP) is 3.66. The third-order valence-electron chi connectivity index (χ3n) is 6.90. The molecule has 10 heteroatoms. The number of hydrogen-bond acceptors (Lipinski definition) is 6. The Bertz CT molecular complexity index is 1280. The standard InChI is InChI=1S/C24H23Cl2N5O3/c1-34-20-8-16(17(26)11-28-20)18-9-19(31-30-18)21(32)24-12-23(24,5-6-27-13-24)22(33)29-10-14-3-2-4-15(25)7-14/h2-4,7-9,11,27H,5-6,10,12-13H2,1H3,(H,29,33)(H,30,31). The average Bonchev–Trinajstić information content (AvgIpc) is 3.34. The number of aromatic amines is 1. The molecule has 1 saturated carbocycles. The number of rotatable bonds is 7. The molecule has 3 N–H and O–H groups in total. The summed E-state index contributed by atoms with van der Waals surface area (Å²) in [6.07, 6.45) is 2.56. The lowest BCUT2D eigenvalue weighted by atomic mass is 9.81. The largest absolute Gasteiger partial charge is 0.481 e. The van der Waals surface area contributed by atoms with E-state index in [0.29, 0.717) is 65.4 Å². The molecule has 3 heterocycles. The Morgan fingerprint density at radius 2 is 2.06 bits per heavy atom. The number of pyridine rings is 1. The molecule has 8 nitrogen and oxygen atoms in total. The van der Waals surface area contributed by atoms with Gasteiger partial charge in [0.05, 0.1) is 34.9 Å². The number of carbonyl (C=O) groups is 2. The van der Waals surface area contributed by atoms with Crippen LogP contribution in [-0.4, -0.2) is 47.1 Å². The van der Waals surface area contributed by atoms with Crippen LogP contribution in [-0.2, 0) is 11.3 Å². The molecule has 0 bridgehead atoms. The molecule has 1 amide bonds. The number of hydrogen-bond donors (Lipinski definition) is 3. The third-order valence-corrected chi connectivity index (χ3v) is 7.44. The first-order valence-electron chi connectivity index (χ1n) is 10.9. The van der Waals surface area contributed by atoms with Crippen molar-refractivity contribution in [2.24, 2.45) is 10.8 Å². The number of nitrogens with one attached hydrogen (secondary N) is 3. The number of ether oxygens (including phenoxy) is 1. The monoisotopic (exact) mass is 499 g/mol. The first-order valence-corrected chi connectivity index (χ1v) is 11.7. The van der Waals surface area contributed by atoms with Gasteiger partial charge in [0, 0.05) is 29.7 Å². The van der Waals surface area contributed by atoms with Gasteiger partial charge in [0.15, 0.2) is 5.78 Å². The Kier molecular flexibility index (Phi) is 5.83. The highest BCUT2D eigenvalue weighted by Gasteiger charge is 2.75. The van der Waals surface area contributed by atoms with E-state index in [9.17, 15) is 9.59 Å². The van der Waals surface area contributed by atoms with E-state index in [4.69, 9.17) is 27.9 Å². The van der Waals surface area contributed by atoms with E-state index < -0.39 is 10.8 Å². The van der Waals surface area contributed by atoms with Crippen molar-refractivity contribution in [1.82, 2.24) is 25.8 Å². The van der Waals surface area contributed by atoms with E-state index in [0.717, 1.165) is 5.56 Å². The second kappa shape index (κ2) is 8.69. The van der Waals surface area contributed by atoms with Gasteiger partial charge in [-0.1, -0.05) is 35.3 Å². The van der Waals surface area contributed by atoms with Crippen LogP contribution >= 0.6 is 23.2 Å². The van der Waals surface area contributed by atoms with Crippen molar-refractivity contribution in [1.29, 1.82) is 0 Å². The smallest absolute Gasteiger partial charge is 0.227 e. The number of H-pyrrole nitrogens is 1. The molecule has 34 heavy (non-hydrogen) atoms. The zero-order chi connectivity index (χ0) is 23.9. The van der Waals surface area contributed by atoms with E-state index >= 15 is 0 Å². The normalized spacial score (nSPS) is 23.1. The Labute approximate surface area is 206 Å². The average molecular weight is 500 g/mol. The van der Waals surface area contributed by atoms with Crippen LogP contribution < -0.4 is 15.4 Å². The van der Waals surface area contributed by atoms with Crippen LogP contribution in [0.5, 0.6) is 5.88 Å². The summed E-state index contributed by atoms with van der Waals surface area (Å²) < 4.78 is 5.17. The molecular formula is C24H23Cl2N5O3. The number of amides is 1. The number of piperidine rings is 1. The van der Waals surface area contributed by atoms with Gasteiger partial charge in [0.2, 0.25) is 11.8 Å². The quantitative estimate of drug-likeness (QED) is 0.428. The van der Waals surface area contributed by atoms with Crippen molar-refractivity contribution in [3.8, 4) is 17.1 Å². The lowest BCUT2D eigenvalue weighted by Crippen LogP contribution is -2.47. The number of halogens is 2. The number of benzene rings is 1. The van der Waals surface area contributed by atoms with Crippen LogP contribution in [0, 0.1) is 10.8 Å². The van der Waals surface area contributed by atoms with E-state index in [1.807, 2.05) is 18.2 Å². The summed E-state index contributed by atoms with van der Waals surface area (Å²) in [4.78, 5) is 31.0. The van der Waals surface area contributed by atoms with Crippen molar-refractivity contribution in [3.05, 3.63) is 63.9 Å². The summed E-state index contributed by atoms with van der Waals surface area (Å²) in [6.45, 7) is 1.48. The zero-order valence-electron chi connectivity index (χ0n) is 18.5. The highest BCUT2D eigenvalue weighted by atomic mass is 35.5. The Hall–Kier alpha value is -2.94. The summed E-state index contributed by atoms with van der Waals surface area (Å²) in [5.41, 5.74) is 0.807. The lowest BCUT2D eigenvalue weighted by molar-refractivity contribution is -0.128. The molecule has 5 rings (SSSR count). The van der Waals surface area contributed by atoms with Crippen LogP contribution in [0.1, 0.15) is 28.9 Å². The van der Waals surface area contributed by atoms with Gasteiger partial charge in [-0.05, 0) is 43.1 Å². The summed E-state index contributed by atoms with van der Waals surface area (Å²) >= 11 is 12.3. The topological polar surface area (TPSA) is 109 Å². The highest BCUT2D eigenvalue weighted by molar-refractivity contribution is 6.33. The SMILES string of the molecule is COc1cc(-c2cc(C(=O)C34CNCCC3(C(=O)NCc3cccc(Cl)c3)C4)[nH]n2)c(Cl)cn1. The second-order valence-corrected chi connectivity index (χ2v) is 9.63. The summed E-state index contributed by atoms with van der Waals surface area (Å²) in [5, 5.41) is 14.5. The van der Waals surface area contributed by atoms with Crippen molar-refractivity contribution in [2.75, 3.05) is 20.2 Å². The van der Waals surface area contributed by atoms with Crippen molar-refractivity contribution in [2.45, 2.75) is 19.4 Å². The van der Waals surface area contributed by atoms with Gasteiger partial charge in [-0.2, -0.15) is 5.10 Å². The number of ketones is 1. The number of nitrogens with zero attached hydrogens (tertiary/aromatic N) is 2. The van der Waals surface area contributed by atoms with E-state index in [1.54, 1.807) is 18.2 Å². The Morgan fingerprint density at radius 1 is 1.21 bits per heavy atom. The summed E-state index contributed by atoms with van der Waals surface area (Å²) in [6, 6.07) is 10.7. The molecule has 0 spiro atoms. The molecule has 3 aromatic rings. The van der Waals surface area contributed by atoms with Gasteiger partial charge in [0.1, 0.15) is 5.69 Å². The van der Waals surface area contributed by atoms with Gasteiger partial charge in [-0.3, -0.25) is 14.7 Å². The highest BCUT2D eigenvalue weighted by Crippen LogP contribution is 2.68. The fraction of sp³-hybridized carbons (Fsp3) is 0.333. The van der Waals surface area contributed by atoms with Gasteiger partial charge in [-0.25, -0.2) is 4.98 Å². The molecule has 1 aliphatic carbocycles. The van der Waals surface area contributed by atoms with Gasteiger partial charge in [-0.15, -0.1) is 0 Å². The van der Waals surface area contributed by atoms with Crippen molar-refractivity contribution >= 4 is 34.9 Å². The Balaban J connectivity index is 1.37. The third kappa shape index (κ3) is 3.76. The summed E-state index contributed by atoms with van der Waals surface area (Å²) in [5.74, 6) is 0.153. The van der Waals surface area contributed by atoms with Crippen molar-refractivity contribution < 1.29 is 14.3 Å². The first-order chi connectivity index (χ1) is 16.4. The number of aromatic nitrogens is 3. The molecule has 1 aromatic carbocycles. The maximum atomic E-state index is 13.7. The van der Waals surface area contributed by atoms with E-state index in [-0.39, 0.29) is 11.7 Å². The lowest BCUT2D eigenvalue weighted by Gasteiger charge is -2.29. The minimum Gasteiger partial charge on any atom is -0.481 e. The molecule has 2 unspecified atom stereocenters. The number of methoxy groups -OCH3 is 1. The fourth-order valence-corrected chi connectivity index (χ4v) is 5.40. The minimum atomic E-state index is -0.812. The maximum Gasteiger partial charge on any atom is 0.227 e. The summed E-state index contributed by atoms with van der Waals surface area (Å²) in [7, 11) is 1.51. The molecule has 1 aliphatic heterocycles. The minimum absolute atomic E-state index is 0.107. The molecule has 2 atom stereocenters. The number of fused-ring (bicyclic) bond motifs is 1. The number of carbonyl (C=O) groups excluding carboxylic acids is 2. The van der Waals surface area contributed by atoms with Crippen molar-refractivity contribution in [3.63, 3.8) is 0 Å². The number of Topliss-reactive ketones (excluding diaryl/α,β-unsaturated/α-hetero) is 1.